The first-order valence-corrected chi connectivity index (χ1v) is 17.1. The molecule has 0 amide bonds. The van der Waals surface area contributed by atoms with Crippen molar-refractivity contribution in [3.63, 3.8) is 0 Å². The summed E-state index contributed by atoms with van der Waals surface area (Å²) in [6.07, 6.45) is 0. The van der Waals surface area contributed by atoms with Gasteiger partial charge in [0.25, 0.3) is 0 Å². The van der Waals surface area contributed by atoms with Crippen LogP contribution in [-0.2, 0) is 44.8 Å². The van der Waals surface area contributed by atoms with Crippen molar-refractivity contribution in [1.82, 2.24) is 0 Å². The zero-order valence-electron chi connectivity index (χ0n) is 25.5. The molecule has 51 heavy (non-hydrogen) atoms. The quantitative estimate of drug-likeness (QED) is 0.0390. The molecule has 0 radical (unpaired) electrons. The van der Waals surface area contributed by atoms with Crippen LogP contribution in [0.1, 0.15) is 0 Å². The molecule has 0 aliphatic heterocycles. The molecule has 0 saturated carbocycles. The van der Waals surface area contributed by atoms with Crippen molar-refractivity contribution in [3.05, 3.63) is 192 Å². The predicted octanol–water partition coefficient (Wildman–Crippen LogP) is 9.57. The third kappa shape index (κ3) is 12.0. The molecule has 0 heterocycles. The monoisotopic (exact) mass is 1110 g/mol. The Hall–Kier alpha value is -3.04. The zero-order chi connectivity index (χ0) is 35.5. The molecule has 0 aliphatic carbocycles. The van der Waals surface area contributed by atoms with Crippen molar-refractivity contribution in [2.75, 3.05) is 5.90 Å². The molecule has 0 unspecified atom stereocenters. The number of rotatable bonds is 6. The molecule has 0 fully saturated rings. The summed E-state index contributed by atoms with van der Waals surface area (Å²) >= 11 is 0. The van der Waals surface area contributed by atoms with E-state index in [1.165, 1.54) is 27.1 Å². The topological polar surface area (TPSA) is 0 Å². The van der Waals surface area contributed by atoms with Crippen LogP contribution in [-0.4, -0.2) is 5.90 Å². The fourth-order valence-electron chi connectivity index (χ4n) is 4.19. The molecule has 0 saturated heterocycles. The number of benzene rings is 6. The van der Waals surface area contributed by atoms with Gasteiger partial charge < -0.3 is 0 Å². The zero-order valence-corrected chi connectivity index (χ0v) is 31.7. The SMILES string of the molecule is Fc1[c-]c(F)c(F)c(F)c1F.Fc1[c-]c(F)c(F)c(F)c1F.[Au+].[Au+].c1ccc(P(CP(c2ccccc2)c2ccccc2)c2ccccc2)cc1. The molecule has 0 nitrogen and oxygen atoms in total. The third-order valence-electron chi connectivity index (χ3n) is 6.53. The maximum atomic E-state index is 12.0. The van der Waals surface area contributed by atoms with Gasteiger partial charge in [0.2, 0.25) is 0 Å². The van der Waals surface area contributed by atoms with Crippen LogP contribution in [0.15, 0.2) is 121 Å². The molecule has 0 atom stereocenters. The summed E-state index contributed by atoms with van der Waals surface area (Å²) in [6, 6.07) is 46.2. The Kier molecular flexibility index (Phi) is 18.6. The van der Waals surface area contributed by atoms with Crippen LogP contribution in [0.25, 0.3) is 0 Å². The molecular weight excluding hydrogens is 1090 g/mol. The van der Waals surface area contributed by atoms with E-state index >= 15 is 0 Å². The first kappa shape index (κ1) is 44.1. The Morgan fingerprint density at radius 1 is 0.314 bits per heavy atom. The summed E-state index contributed by atoms with van der Waals surface area (Å²) in [5.74, 6) is -18.9. The molecule has 0 spiro atoms. The second kappa shape index (κ2) is 21.5. The first-order chi connectivity index (χ1) is 23.5. The van der Waals surface area contributed by atoms with E-state index in [1.807, 2.05) is 0 Å². The average Bonchev–Trinajstić information content (AvgIpc) is 3.14. The normalized spacial score (nSPS) is 10.3. The second-order valence-electron chi connectivity index (χ2n) is 9.73. The van der Waals surface area contributed by atoms with Crippen molar-refractivity contribution >= 4 is 37.1 Å². The molecule has 6 aromatic rings. The van der Waals surface area contributed by atoms with Gasteiger partial charge in [-0.15, -0.1) is 12.1 Å². The molecule has 0 aliphatic rings. The van der Waals surface area contributed by atoms with Gasteiger partial charge in [-0.2, -0.15) is 0 Å². The van der Waals surface area contributed by atoms with Crippen LogP contribution in [0.2, 0.25) is 0 Å². The van der Waals surface area contributed by atoms with Crippen molar-refractivity contribution in [3.8, 4) is 0 Å². The number of halogens is 10. The molecule has 272 valence electrons. The molecule has 0 aromatic heterocycles. The summed E-state index contributed by atoms with van der Waals surface area (Å²) in [4.78, 5) is 0. The van der Waals surface area contributed by atoms with E-state index in [9.17, 15) is 43.9 Å². The van der Waals surface area contributed by atoms with E-state index < -0.39 is 74.0 Å². The largest absolute Gasteiger partial charge is 1.00 e. The van der Waals surface area contributed by atoms with Gasteiger partial charge in [0.15, 0.2) is 0 Å². The summed E-state index contributed by atoms with van der Waals surface area (Å²) in [7, 11) is -0.817. The Morgan fingerprint density at radius 3 is 0.706 bits per heavy atom. The summed E-state index contributed by atoms with van der Waals surface area (Å²) in [5, 5.41) is 5.83. The number of hydrogen-bond acceptors (Lipinski definition) is 0. The van der Waals surface area contributed by atoms with Crippen LogP contribution >= 0.6 is 15.8 Å². The average molecular weight is 1110 g/mol. The van der Waals surface area contributed by atoms with Crippen LogP contribution in [0.4, 0.5) is 43.9 Å². The van der Waals surface area contributed by atoms with Crippen molar-refractivity contribution in [2.45, 2.75) is 0 Å². The fraction of sp³-hybridized carbons (Fsp3) is 0.0270. The summed E-state index contributed by atoms with van der Waals surface area (Å²) < 4.78 is 120. The van der Waals surface area contributed by atoms with Gasteiger partial charge in [-0.3, -0.25) is 17.6 Å². The van der Waals surface area contributed by atoms with Crippen molar-refractivity contribution < 1.29 is 88.7 Å². The van der Waals surface area contributed by atoms with Gasteiger partial charge in [0, 0.05) is 5.90 Å². The Labute approximate surface area is 321 Å². The molecule has 6 aromatic carbocycles. The van der Waals surface area contributed by atoms with E-state index in [0.29, 0.717) is 0 Å². The predicted molar refractivity (Wildman–Crippen MR) is 173 cm³/mol. The Balaban J connectivity index is 0.000000312. The summed E-state index contributed by atoms with van der Waals surface area (Å²) in [6.45, 7) is 0. The smallest absolute Gasteiger partial charge is 0.278 e. The van der Waals surface area contributed by atoms with Crippen LogP contribution in [0.3, 0.4) is 0 Å². The van der Waals surface area contributed by atoms with Crippen LogP contribution < -0.4 is 21.2 Å². The third-order valence-corrected chi connectivity index (χ3v) is 12.5. The van der Waals surface area contributed by atoms with E-state index in [-0.39, 0.29) is 44.8 Å². The second-order valence-corrected chi connectivity index (χ2v) is 14.6. The fourth-order valence-corrected chi connectivity index (χ4v) is 10.7. The van der Waals surface area contributed by atoms with Gasteiger partial charge in [-0.05, 0) is 37.1 Å². The van der Waals surface area contributed by atoms with E-state index in [1.54, 1.807) is 0 Å². The van der Waals surface area contributed by atoms with Gasteiger partial charge >= 0.3 is 44.8 Å². The Bertz CT molecular complexity index is 1680. The molecule has 0 N–H and O–H groups in total. The minimum atomic E-state index is -2.17. The van der Waals surface area contributed by atoms with Gasteiger partial charge in [0.05, 0.1) is 58.2 Å². The van der Waals surface area contributed by atoms with E-state index in [4.69, 9.17) is 0 Å². The van der Waals surface area contributed by atoms with Gasteiger partial charge in [0.1, 0.15) is 0 Å². The van der Waals surface area contributed by atoms with E-state index in [2.05, 4.69) is 121 Å². The Morgan fingerprint density at radius 2 is 0.510 bits per heavy atom. The van der Waals surface area contributed by atoms with Crippen molar-refractivity contribution in [2.24, 2.45) is 0 Å². The standard InChI is InChI=1S/C25H22P2.2C6F5.2Au/c1-5-13-22(14-6-1)26(23-15-7-2-8-16-23)21-27(24-17-9-3-10-18-24)25-19-11-4-12-20-25;2*7-2-1-3(8)5(10)6(11)4(2)9;;/h1-20H,21H2;;;;/q;2*-1;2*+1. The summed E-state index contributed by atoms with van der Waals surface area (Å²) in [5.41, 5.74) is 0. The minimum absolute atomic E-state index is 0. The van der Waals surface area contributed by atoms with Crippen LogP contribution in [0.5, 0.6) is 0 Å². The number of hydrogen-bond donors (Lipinski definition) is 0. The van der Waals surface area contributed by atoms with Gasteiger partial charge in [-0.25, -0.2) is 26.3 Å². The molecule has 6 rings (SSSR count). The molecule has 14 heteroatoms. The molecular formula is C37H22Au2F10P2. The van der Waals surface area contributed by atoms with E-state index in [0.717, 1.165) is 12.1 Å². The maximum Gasteiger partial charge on any atom is 1.00 e. The van der Waals surface area contributed by atoms with Crippen LogP contribution in [0, 0.1) is 70.3 Å². The van der Waals surface area contributed by atoms with Crippen molar-refractivity contribution in [1.29, 1.82) is 0 Å². The molecule has 0 bridgehead atoms. The first-order valence-electron chi connectivity index (χ1n) is 14.1. The minimum Gasteiger partial charge on any atom is -0.278 e. The van der Waals surface area contributed by atoms with Gasteiger partial charge in [-0.1, -0.05) is 121 Å². The maximum absolute atomic E-state index is 12.0.